The quantitative estimate of drug-likeness (QED) is 0.816. The van der Waals surface area contributed by atoms with E-state index in [0.717, 1.165) is 17.0 Å². The number of amides is 2. The third-order valence-electron chi connectivity index (χ3n) is 3.34. The van der Waals surface area contributed by atoms with Crippen LogP contribution in [0.5, 0.6) is 0 Å². The van der Waals surface area contributed by atoms with Crippen molar-refractivity contribution >= 4 is 28.5 Å². The minimum absolute atomic E-state index is 0.0389. The Balaban J connectivity index is 1.92. The first kappa shape index (κ1) is 14.2. The predicted molar refractivity (Wildman–Crippen MR) is 74.2 cm³/mol. The monoisotopic (exact) mass is 305 g/mol. The van der Waals surface area contributed by atoms with Crippen LogP contribution in [0.25, 0.3) is 11.0 Å². The summed E-state index contributed by atoms with van der Waals surface area (Å²) in [5, 5.41) is 15.8. The zero-order chi connectivity index (χ0) is 15.9. The van der Waals surface area contributed by atoms with Gasteiger partial charge in [0.15, 0.2) is 5.58 Å². The van der Waals surface area contributed by atoms with Crippen LogP contribution in [-0.4, -0.2) is 40.1 Å². The fourth-order valence-electron chi connectivity index (χ4n) is 2.23. The van der Waals surface area contributed by atoms with Crippen molar-refractivity contribution in [2.24, 2.45) is 0 Å². The van der Waals surface area contributed by atoms with Gasteiger partial charge in [0.05, 0.1) is 24.5 Å². The summed E-state index contributed by atoms with van der Waals surface area (Å²) in [6, 6.07) is 2.62. The van der Waals surface area contributed by atoms with Gasteiger partial charge in [0.25, 0.3) is 11.8 Å². The van der Waals surface area contributed by atoms with Crippen LogP contribution in [0.2, 0.25) is 0 Å². The lowest BCUT2D eigenvalue weighted by Gasteiger charge is -2.13. The summed E-state index contributed by atoms with van der Waals surface area (Å²) in [6.07, 6.45) is 1.07. The number of aliphatic hydroxyl groups excluding tert-OH is 1. The van der Waals surface area contributed by atoms with Gasteiger partial charge in [0, 0.05) is 17.5 Å². The number of carbonyl (C=O) groups is 2. The van der Waals surface area contributed by atoms with Crippen molar-refractivity contribution in [3.05, 3.63) is 35.4 Å². The van der Waals surface area contributed by atoms with Crippen LogP contribution in [0, 0.1) is 12.7 Å². The highest BCUT2D eigenvalue weighted by atomic mass is 19.1. The van der Waals surface area contributed by atoms with Crippen molar-refractivity contribution in [2.75, 3.05) is 18.5 Å². The molecule has 0 bridgehead atoms. The van der Waals surface area contributed by atoms with Gasteiger partial charge >= 0.3 is 0 Å². The molecule has 2 aromatic rings. The number of anilines is 1. The van der Waals surface area contributed by atoms with Crippen LogP contribution in [0.1, 0.15) is 5.69 Å². The molecule has 0 aliphatic carbocycles. The highest BCUT2D eigenvalue weighted by Gasteiger charge is 2.31. The van der Waals surface area contributed by atoms with Gasteiger partial charge in [-0.1, -0.05) is 5.16 Å². The number of hydrogen-bond donors (Lipinski definition) is 2. The average Bonchev–Trinajstić information content (AvgIpc) is 2.95. The van der Waals surface area contributed by atoms with Crippen molar-refractivity contribution in [3.8, 4) is 0 Å². The van der Waals surface area contributed by atoms with E-state index in [4.69, 9.17) is 9.63 Å². The Bertz CT molecular complexity index is 812. The number of aryl methyl sites for hydroxylation is 1. The maximum Gasteiger partial charge on any atom is 0.277 e. The Morgan fingerprint density at radius 2 is 2.18 bits per heavy atom. The number of rotatable bonds is 4. The maximum atomic E-state index is 14.0. The molecular weight excluding hydrogens is 293 g/mol. The van der Waals surface area contributed by atoms with Gasteiger partial charge in [-0.25, -0.2) is 4.39 Å². The molecule has 7 nitrogen and oxygen atoms in total. The fourth-order valence-corrected chi connectivity index (χ4v) is 2.23. The van der Waals surface area contributed by atoms with Crippen molar-refractivity contribution in [3.63, 3.8) is 0 Å². The van der Waals surface area contributed by atoms with Gasteiger partial charge in [-0.05, 0) is 13.0 Å². The smallest absolute Gasteiger partial charge is 0.277 e. The standard InChI is InChI=1S/C14H12FN3O4/c1-7-8-4-10(9(15)5-12(8)22-17-7)16-11-6-13(20)18(2-3-19)14(11)21/h4-6,16,19H,2-3H2,1H3. The number of halogens is 1. The molecule has 0 atom stereocenters. The predicted octanol–water partition coefficient (Wildman–Crippen LogP) is 0.932. The molecule has 0 saturated heterocycles. The number of carbonyl (C=O) groups excluding carboxylic acids is 2. The zero-order valence-corrected chi connectivity index (χ0v) is 11.6. The Morgan fingerprint density at radius 3 is 2.91 bits per heavy atom. The molecule has 2 heterocycles. The first-order chi connectivity index (χ1) is 10.5. The van der Waals surface area contributed by atoms with Crippen LogP contribution in [0.4, 0.5) is 10.1 Å². The topological polar surface area (TPSA) is 95.7 Å². The van der Waals surface area contributed by atoms with Crippen LogP contribution < -0.4 is 5.32 Å². The van der Waals surface area contributed by atoms with Gasteiger partial charge in [-0.15, -0.1) is 0 Å². The average molecular weight is 305 g/mol. The molecule has 8 heteroatoms. The van der Waals surface area contributed by atoms with Crippen molar-refractivity contribution in [2.45, 2.75) is 6.92 Å². The number of imide groups is 1. The molecule has 22 heavy (non-hydrogen) atoms. The lowest BCUT2D eigenvalue weighted by molar-refractivity contribution is -0.137. The largest absolute Gasteiger partial charge is 0.395 e. The first-order valence-electron chi connectivity index (χ1n) is 6.52. The van der Waals surface area contributed by atoms with E-state index < -0.39 is 17.6 Å². The summed E-state index contributed by atoms with van der Waals surface area (Å²) < 4.78 is 19.0. The van der Waals surface area contributed by atoms with E-state index in [1.54, 1.807) is 6.92 Å². The summed E-state index contributed by atoms with van der Waals surface area (Å²) in [5.41, 5.74) is 0.871. The first-order valence-corrected chi connectivity index (χ1v) is 6.52. The summed E-state index contributed by atoms with van der Waals surface area (Å²) in [5.74, 6) is -1.80. The highest BCUT2D eigenvalue weighted by molar-refractivity contribution is 6.17. The normalized spacial score (nSPS) is 14.9. The molecule has 0 unspecified atom stereocenters. The van der Waals surface area contributed by atoms with E-state index >= 15 is 0 Å². The SMILES string of the molecule is Cc1noc2cc(F)c(NC3=CC(=O)N(CCO)C3=O)cc12. The Kier molecular flexibility index (Phi) is 3.38. The van der Waals surface area contributed by atoms with Gasteiger partial charge in [-0.2, -0.15) is 0 Å². The number of aliphatic hydroxyl groups is 1. The molecular formula is C14H12FN3O4. The van der Waals surface area contributed by atoms with E-state index in [2.05, 4.69) is 10.5 Å². The number of β-amino-alcohol motifs (C(OH)–C–C–N with tert-alkyl or cyclic N) is 1. The molecule has 2 amide bonds. The minimum atomic E-state index is -0.634. The summed E-state index contributed by atoms with van der Waals surface area (Å²) in [7, 11) is 0. The fraction of sp³-hybridized carbons (Fsp3) is 0.214. The van der Waals surface area contributed by atoms with Gasteiger partial charge in [0.2, 0.25) is 0 Å². The maximum absolute atomic E-state index is 14.0. The summed E-state index contributed by atoms with van der Waals surface area (Å²) in [4.78, 5) is 24.5. The molecule has 0 spiro atoms. The minimum Gasteiger partial charge on any atom is -0.395 e. The number of nitrogens with zero attached hydrogens (tertiary/aromatic N) is 2. The molecule has 1 aromatic carbocycles. The van der Waals surface area contributed by atoms with Gasteiger partial charge in [0.1, 0.15) is 11.5 Å². The second-order valence-corrected chi connectivity index (χ2v) is 4.80. The van der Waals surface area contributed by atoms with E-state index in [1.807, 2.05) is 0 Å². The molecule has 3 rings (SSSR count). The molecule has 114 valence electrons. The Hall–Kier alpha value is -2.74. The number of fused-ring (bicyclic) bond motifs is 1. The van der Waals surface area contributed by atoms with Crippen LogP contribution in [-0.2, 0) is 9.59 Å². The van der Waals surface area contributed by atoms with Crippen molar-refractivity contribution in [1.82, 2.24) is 10.1 Å². The second-order valence-electron chi connectivity index (χ2n) is 4.80. The molecule has 0 saturated carbocycles. The van der Waals surface area contributed by atoms with Crippen LogP contribution in [0.3, 0.4) is 0 Å². The molecule has 2 N–H and O–H groups in total. The lowest BCUT2D eigenvalue weighted by atomic mass is 10.2. The second kappa shape index (κ2) is 5.23. The zero-order valence-electron chi connectivity index (χ0n) is 11.6. The molecule has 0 radical (unpaired) electrons. The number of aromatic nitrogens is 1. The van der Waals surface area contributed by atoms with E-state index in [-0.39, 0.29) is 24.5 Å². The van der Waals surface area contributed by atoms with E-state index in [0.29, 0.717) is 16.7 Å². The highest BCUT2D eigenvalue weighted by Crippen LogP contribution is 2.27. The summed E-state index contributed by atoms with van der Waals surface area (Å²) in [6.45, 7) is 1.27. The summed E-state index contributed by atoms with van der Waals surface area (Å²) >= 11 is 0. The molecule has 1 aromatic heterocycles. The van der Waals surface area contributed by atoms with Gasteiger partial charge in [-0.3, -0.25) is 14.5 Å². The van der Waals surface area contributed by atoms with Crippen molar-refractivity contribution in [1.29, 1.82) is 0 Å². The Labute approximate surface area is 124 Å². The van der Waals surface area contributed by atoms with E-state index in [1.165, 1.54) is 6.07 Å². The molecule has 1 aliphatic heterocycles. The third-order valence-corrected chi connectivity index (χ3v) is 3.34. The van der Waals surface area contributed by atoms with Gasteiger partial charge < -0.3 is 14.9 Å². The molecule has 0 fully saturated rings. The number of benzene rings is 1. The number of nitrogens with one attached hydrogen (secondary N) is 1. The van der Waals surface area contributed by atoms with Crippen LogP contribution in [0.15, 0.2) is 28.4 Å². The van der Waals surface area contributed by atoms with E-state index in [9.17, 15) is 14.0 Å². The molecule has 1 aliphatic rings. The lowest BCUT2D eigenvalue weighted by Crippen LogP contribution is -2.34. The van der Waals surface area contributed by atoms with Crippen molar-refractivity contribution < 1.29 is 23.6 Å². The Morgan fingerprint density at radius 1 is 1.41 bits per heavy atom. The third kappa shape index (κ3) is 2.23. The number of hydrogen-bond acceptors (Lipinski definition) is 6. The van der Waals surface area contributed by atoms with Crippen LogP contribution >= 0.6 is 0 Å².